The lowest BCUT2D eigenvalue weighted by atomic mass is 10.3. The van der Waals surface area contributed by atoms with Gasteiger partial charge >= 0.3 is 0 Å². The molecule has 6 heteroatoms. The van der Waals surface area contributed by atoms with Crippen LogP contribution in [0.4, 0.5) is 5.82 Å². The zero-order valence-electron chi connectivity index (χ0n) is 9.46. The minimum absolute atomic E-state index is 0.0375. The molecule has 0 fully saturated rings. The first-order valence-electron chi connectivity index (χ1n) is 5.17. The van der Waals surface area contributed by atoms with Gasteiger partial charge in [-0.25, -0.2) is 4.98 Å². The Labute approximate surface area is 108 Å². The summed E-state index contributed by atoms with van der Waals surface area (Å²) in [5, 5.41) is 14.7. The molecule has 0 aliphatic heterocycles. The lowest BCUT2D eigenvalue weighted by Crippen LogP contribution is -2.22. The number of halogens is 1. The van der Waals surface area contributed by atoms with E-state index in [1.807, 2.05) is 0 Å². The maximum absolute atomic E-state index is 10.6. The number of hydrogen-bond donors (Lipinski definition) is 2. The van der Waals surface area contributed by atoms with Crippen LogP contribution in [0, 0.1) is 11.3 Å². The van der Waals surface area contributed by atoms with E-state index in [2.05, 4.69) is 37.6 Å². The third-order valence-electron chi connectivity index (χ3n) is 1.99. The second kappa shape index (κ2) is 6.86. The fraction of sp³-hybridized carbons (Fsp3) is 0.364. The summed E-state index contributed by atoms with van der Waals surface area (Å²) < 4.78 is 0.776. The normalized spacial score (nSPS) is 9.47. The van der Waals surface area contributed by atoms with Crippen LogP contribution >= 0.6 is 15.9 Å². The first-order valence-corrected chi connectivity index (χ1v) is 5.96. The number of nitrogens with one attached hydrogen (secondary N) is 2. The standard InChI is InChI=1S/C11H13BrN4O/c1-8(17)14-3-2-4-15-11-9(6-13)5-10(12)7-16-11/h5,7H,2-4H2,1H3,(H,14,17)(H,15,16). The molecule has 90 valence electrons. The maximum atomic E-state index is 10.6. The van der Waals surface area contributed by atoms with Gasteiger partial charge < -0.3 is 10.6 Å². The quantitative estimate of drug-likeness (QED) is 0.810. The van der Waals surface area contributed by atoms with Crippen LogP contribution in [0.15, 0.2) is 16.7 Å². The first-order chi connectivity index (χ1) is 8.13. The Bertz CT molecular complexity index is 442. The van der Waals surface area contributed by atoms with Crippen LogP contribution in [-0.2, 0) is 4.79 Å². The van der Waals surface area contributed by atoms with Crippen molar-refractivity contribution in [2.75, 3.05) is 18.4 Å². The van der Waals surface area contributed by atoms with Crippen molar-refractivity contribution in [3.05, 3.63) is 22.3 Å². The van der Waals surface area contributed by atoms with Crippen molar-refractivity contribution in [3.8, 4) is 6.07 Å². The average molecular weight is 297 g/mol. The summed E-state index contributed by atoms with van der Waals surface area (Å²) in [7, 11) is 0. The van der Waals surface area contributed by atoms with E-state index in [-0.39, 0.29) is 5.91 Å². The van der Waals surface area contributed by atoms with E-state index in [0.29, 0.717) is 24.5 Å². The summed E-state index contributed by atoms with van der Waals surface area (Å²) in [4.78, 5) is 14.7. The van der Waals surface area contributed by atoms with E-state index in [1.165, 1.54) is 6.92 Å². The second-order valence-electron chi connectivity index (χ2n) is 3.42. The summed E-state index contributed by atoms with van der Waals surface area (Å²) in [6.45, 7) is 2.75. The first kappa shape index (κ1) is 13.5. The van der Waals surface area contributed by atoms with Crippen LogP contribution < -0.4 is 10.6 Å². The Morgan fingerprint density at radius 3 is 3.00 bits per heavy atom. The maximum Gasteiger partial charge on any atom is 0.216 e. The van der Waals surface area contributed by atoms with Gasteiger partial charge in [0.2, 0.25) is 5.91 Å². The minimum atomic E-state index is -0.0375. The fourth-order valence-electron chi connectivity index (χ4n) is 1.22. The zero-order valence-corrected chi connectivity index (χ0v) is 11.0. The fourth-order valence-corrected chi connectivity index (χ4v) is 1.56. The Kier molecular flexibility index (Phi) is 5.43. The van der Waals surface area contributed by atoms with Crippen molar-refractivity contribution in [2.24, 2.45) is 0 Å². The molecule has 0 saturated heterocycles. The molecule has 0 saturated carbocycles. The van der Waals surface area contributed by atoms with Gasteiger partial charge in [-0.1, -0.05) is 0 Å². The molecule has 2 N–H and O–H groups in total. The number of pyridine rings is 1. The van der Waals surface area contributed by atoms with Gasteiger partial charge in [-0.05, 0) is 28.4 Å². The highest BCUT2D eigenvalue weighted by Crippen LogP contribution is 2.16. The number of nitrogens with zero attached hydrogens (tertiary/aromatic N) is 2. The van der Waals surface area contributed by atoms with Crippen LogP contribution in [0.5, 0.6) is 0 Å². The number of aromatic nitrogens is 1. The summed E-state index contributed by atoms with van der Waals surface area (Å²) >= 11 is 3.26. The molecular formula is C11H13BrN4O. The van der Waals surface area contributed by atoms with Gasteiger partial charge in [0, 0.05) is 30.7 Å². The molecule has 1 rings (SSSR count). The average Bonchev–Trinajstić information content (AvgIpc) is 2.29. The molecule has 0 aliphatic rings. The van der Waals surface area contributed by atoms with Crippen LogP contribution in [0.2, 0.25) is 0 Å². The van der Waals surface area contributed by atoms with Crippen LogP contribution in [0.25, 0.3) is 0 Å². The Balaban J connectivity index is 2.42. The highest BCUT2D eigenvalue weighted by atomic mass is 79.9. The predicted octanol–water partition coefficient (Wildman–Crippen LogP) is 1.65. The molecule has 1 aromatic rings. The Morgan fingerprint density at radius 1 is 1.59 bits per heavy atom. The van der Waals surface area contributed by atoms with E-state index < -0.39 is 0 Å². The lowest BCUT2D eigenvalue weighted by Gasteiger charge is -2.07. The molecule has 0 atom stereocenters. The second-order valence-corrected chi connectivity index (χ2v) is 4.34. The van der Waals surface area contributed by atoms with Gasteiger partial charge in [0.05, 0.1) is 5.56 Å². The van der Waals surface area contributed by atoms with E-state index in [1.54, 1.807) is 12.3 Å². The molecule has 1 aromatic heterocycles. The Hall–Kier alpha value is -1.61. The number of anilines is 1. The highest BCUT2D eigenvalue weighted by Gasteiger charge is 2.03. The van der Waals surface area contributed by atoms with Gasteiger partial charge in [0.15, 0.2) is 0 Å². The predicted molar refractivity (Wildman–Crippen MR) is 68.4 cm³/mol. The van der Waals surface area contributed by atoms with Crippen molar-refractivity contribution in [1.82, 2.24) is 10.3 Å². The monoisotopic (exact) mass is 296 g/mol. The van der Waals surface area contributed by atoms with E-state index >= 15 is 0 Å². The molecule has 1 heterocycles. The van der Waals surface area contributed by atoms with E-state index in [9.17, 15) is 4.79 Å². The molecule has 0 spiro atoms. The van der Waals surface area contributed by atoms with Gasteiger partial charge in [0.1, 0.15) is 11.9 Å². The molecule has 0 aromatic carbocycles. The van der Waals surface area contributed by atoms with Gasteiger partial charge in [0.25, 0.3) is 0 Å². The number of rotatable bonds is 5. The van der Waals surface area contributed by atoms with Gasteiger partial charge in [-0.2, -0.15) is 5.26 Å². The van der Waals surface area contributed by atoms with Crippen molar-refractivity contribution >= 4 is 27.7 Å². The van der Waals surface area contributed by atoms with Crippen molar-refractivity contribution in [2.45, 2.75) is 13.3 Å². The number of nitriles is 1. The van der Waals surface area contributed by atoms with Gasteiger partial charge in [-0.3, -0.25) is 4.79 Å². The van der Waals surface area contributed by atoms with Crippen molar-refractivity contribution < 1.29 is 4.79 Å². The summed E-state index contributed by atoms with van der Waals surface area (Å²) in [6, 6.07) is 3.78. The topological polar surface area (TPSA) is 77.8 Å². The molecule has 0 aliphatic carbocycles. The lowest BCUT2D eigenvalue weighted by molar-refractivity contribution is -0.118. The summed E-state index contributed by atoms with van der Waals surface area (Å²) in [5.41, 5.74) is 0.499. The van der Waals surface area contributed by atoms with E-state index in [0.717, 1.165) is 10.9 Å². The largest absolute Gasteiger partial charge is 0.369 e. The van der Waals surface area contributed by atoms with Crippen molar-refractivity contribution in [3.63, 3.8) is 0 Å². The summed E-state index contributed by atoms with van der Waals surface area (Å²) in [6.07, 6.45) is 2.42. The molecule has 0 radical (unpaired) electrons. The zero-order chi connectivity index (χ0) is 12.7. The molecule has 17 heavy (non-hydrogen) atoms. The summed E-state index contributed by atoms with van der Waals surface area (Å²) in [5.74, 6) is 0.531. The molecule has 1 amide bonds. The third-order valence-corrected chi connectivity index (χ3v) is 2.43. The van der Waals surface area contributed by atoms with Gasteiger partial charge in [-0.15, -0.1) is 0 Å². The number of carbonyl (C=O) groups is 1. The molecule has 0 unspecified atom stereocenters. The molecular weight excluding hydrogens is 284 g/mol. The van der Waals surface area contributed by atoms with Crippen molar-refractivity contribution in [1.29, 1.82) is 5.26 Å². The number of carbonyl (C=O) groups excluding carboxylic acids is 1. The Morgan fingerprint density at radius 2 is 2.35 bits per heavy atom. The van der Waals surface area contributed by atoms with E-state index in [4.69, 9.17) is 5.26 Å². The number of amides is 1. The number of hydrogen-bond acceptors (Lipinski definition) is 4. The van der Waals surface area contributed by atoms with Crippen LogP contribution in [0.1, 0.15) is 18.9 Å². The minimum Gasteiger partial charge on any atom is -0.369 e. The third kappa shape index (κ3) is 4.83. The molecule has 0 bridgehead atoms. The van der Waals surface area contributed by atoms with Crippen LogP contribution in [-0.4, -0.2) is 24.0 Å². The van der Waals surface area contributed by atoms with Crippen LogP contribution in [0.3, 0.4) is 0 Å². The molecule has 5 nitrogen and oxygen atoms in total. The smallest absolute Gasteiger partial charge is 0.216 e. The highest BCUT2D eigenvalue weighted by molar-refractivity contribution is 9.10. The SMILES string of the molecule is CC(=O)NCCCNc1ncc(Br)cc1C#N.